The number of aromatic nitrogens is 1. The average Bonchev–Trinajstić information content (AvgIpc) is 2.55. The zero-order chi connectivity index (χ0) is 11.0. The van der Waals surface area contributed by atoms with Crippen LogP contribution in [0.3, 0.4) is 0 Å². The standard InChI is InChI=1S/C11H10FNO2/c1-13-9-3-2-7(6-12)4-8(9)5-10(13)11(14)15/h2-5H,6H2,1H3,(H,14,15). The number of nitrogens with zero attached hydrogens (tertiary/aromatic N) is 1. The summed E-state index contributed by atoms with van der Waals surface area (Å²) in [7, 11) is 1.68. The van der Waals surface area contributed by atoms with E-state index in [2.05, 4.69) is 0 Å². The first-order valence-corrected chi connectivity index (χ1v) is 4.51. The maximum atomic E-state index is 12.4. The monoisotopic (exact) mass is 207 g/mol. The first kappa shape index (κ1) is 9.71. The summed E-state index contributed by atoms with van der Waals surface area (Å²) < 4.78 is 14.0. The number of alkyl halides is 1. The highest BCUT2D eigenvalue weighted by Gasteiger charge is 2.11. The summed E-state index contributed by atoms with van der Waals surface area (Å²) in [6, 6.07) is 6.61. The van der Waals surface area contributed by atoms with Gasteiger partial charge in [0.25, 0.3) is 0 Å². The van der Waals surface area contributed by atoms with Crippen molar-refractivity contribution in [2.24, 2.45) is 7.05 Å². The van der Waals surface area contributed by atoms with E-state index in [1.165, 1.54) is 0 Å². The number of fused-ring (bicyclic) bond motifs is 1. The molecule has 0 atom stereocenters. The van der Waals surface area contributed by atoms with Gasteiger partial charge in [-0.25, -0.2) is 9.18 Å². The molecule has 4 heteroatoms. The fourth-order valence-corrected chi connectivity index (χ4v) is 1.69. The quantitative estimate of drug-likeness (QED) is 0.821. The van der Waals surface area contributed by atoms with E-state index in [0.29, 0.717) is 5.56 Å². The molecule has 3 nitrogen and oxygen atoms in total. The van der Waals surface area contributed by atoms with Crippen LogP contribution in [0.1, 0.15) is 16.1 Å². The number of carbonyl (C=O) groups is 1. The van der Waals surface area contributed by atoms with Crippen LogP contribution in [0.5, 0.6) is 0 Å². The van der Waals surface area contributed by atoms with Crippen LogP contribution in [0.25, 0.3) is 10.9 Å². The fourth-order valence-electron chi connectivity index (χ4n) is 1.69. The molecule has 0 aliphatic carbocycles. The highest BCUT2D eigenvalue weighted by molar-refractivity contribution is 5.94. The lowest BCUT2D eigenvalue weighted by Crippen LogP contribution is -2.03. The van der Waals surface area contributed by atoms with E-state index in [0.717, 1.165) is 10.9 Å². The highest BCUT2D eigenvalue weighted by Crippen LogP contribution is 2.20. The van der Waals surface area contributed by atoms with Crippen molar-refractivity contribution in [1.29, 1.82) is 0 Å². The van der Waals surface area contributed by atoms with Gasteiger partial charge in [-0.15, -0.1) is 0 Å². The van der Waals surface area contributed by atoms with Crippen LogP contribution in [0.2, 0.25) is 0 Å². The molecule has 0 aliphatic rings. The van der Waals surface area contributed by atoms with Gasteiger partial charge in [0.1, 0.15) is 12.4 Å². The summed E-state index contributed by atoms with van der Waals surface area (Å²) in [4.78, 5) is 10.9. The summed E-state index contributed by atoms with van der Waals surface area (Å²) in [6.07, 6.45) is 0. The van der Waals surface area contributed by atoms with E-state index < -0.39 is 12.6 Å². The van der Waals surface area contributed by atoms with Gasteiger partial charge in [0.05, 0.1) is 0 Å². The molecule has 2 aromatic rings. The summed E-state index contributed by atoms with van der Waals surface area (Å²) in [5, 5.41) is 9.65. The Kier molecular flexibility index (Phi) is 2.19. The number of carboxylic acid groups (broad SMARTS) is 1. The highest BCUT2D eigenvalue weighted by atomic mass is 19.1. The van der Waals surface area contributed by atoms with Crippen LogP contribution in [0, 0.1) is 0 Å². The summed E-state index contributed by atoms with van der Waals surface area (Å²) in [6.45, 7) is -0.534. The zero-order valence-corrected chi connectivity index (χ0v) is 8.20. The first-order chi connectivity index (χ1) is 7.13. The Bertz CT molecular complexity index is 531. The maximum absolute atomic E-state index is 12.4. The van der Waals surface area contributed by atoms with Crippen LogP contribution in [0.15, 0.2) is 24.3 Å². The summed E-state index contributed by atoms with van der Waals surface area (Å²) in [5.74, 6) is -0.976. The minimum Gasteiger partial charge on any atom is -0.477 e. The Hall–Kier alpha value is -1.84. The van der Waals surface area contributed by atoms with Gasteiger partial charge in [-0.2, -0.15) is 0 Å². The van der Waals surface area contributed by atoms with Crippen LogP contribution < -0.4 is 0 Å². The number of aryl methyl sites for hydroxylation is 1. The molecular weight excluding hydrogens is 197 g/mol. The molecule has 0 bridgehead atoms. The Morgan fingerprint density at radius 1 is 1.47 bits per heavy atom. The maximum Gasteiger partial charge on any atom is 0.352 e. The Labute approximate surface area is 85.7 Å². The SMILES string of the molecule is Cn1c(C(=O)O)cc2cc(CF)ccc21. The third-order valence-corrected chi connectivity index (χ3v) is 2.48. The van der Waals surface area contributed by atoms with Gasteiger partial charge in [0.2, 0.25) is 0 Å². The largest absolute Gasteiger partial charge is 0.477 e. The number of aromatic carboxylic acids is 1. The first-order valence-electron chi connectivity index (χ1n) is 4.51. The normalized spacial score (nSPS) is 10.8. The second kappa shape index (κ2) is 3.38. The second-order valence-electron chi connectivity index (χ2n) is 3.42. The Balaban J connectivity index is 2.70. The van der Waals surface area contributed by atoms with Gasteiger partial charge in [-0.1, -0.05) is 6.07 Å². The third-order valence-electron chi connectivity index (χ3n) is 2.48. The molecule has 0 spiro atoms. The number of carboxylic acids is 1. The smallest absolute Gasteiger partial charge is 0.352 e. The molecule has 1 N–H and O–H groups in total. The number of hydrogen-bond acceptors (Lipinski definition) is 1. The van der Waals surface area contributed by atoms with Crippen molar-refractivity contribution in [2.75, 3.05) is 0 Å². The predicted octanol–water partition coefficient (Wildman–Crippen LogP) is 2.35. The number of benzene rings is 1. The molecule has 78 valence electrons. The van der Waals surface area contributed by atoms with Gasteiger partial charge >= 0.3 is 5.97 Å². The average molecular weight is 207 g/mol. The van der Waals surface area contributed by atoms with E-state index in [1.807, 2.05) is 0 Å². The molecule has 0 fully saturated rings. The molecule has 0 aliphatic heterocycles. The van der Waals surface area contributed by atoms with Crippen molar-refractivity contribution in [3.8, 4) is 0 Å². The van der Waals surface area contributed by atoms with Crippen LogP contribution >= 0.6 is 0 Å². The van der Waals surface area contributed by atoms with Crippen molar-refractivity contribution < 1.29 is 14.3 Å². The van der Waals surface area contributed by atoms with Crippen LogP contribution in [-0.4, -0.2) is 15.6 Å². The Morgan fingerprint density at radius 3 is 2.80 bits per heavy atom. The van der Waals surface area contributed by atoms with E-state index in [9.17, 15) is 9.18 Å². The van der Waals surface area contributed by atoms with Crippen molar-refractivity contribution in [3.63, 3.8) is 0 Å². The van der Waals surface area contributed by atoms with Gasteiger partial charge in [0, 0.05) is 18.0 Å². The molecule has 1 aromatic heterocycles. The molecule has 0 unspecified atom stereocenters. The number of hydrogen-bond donors (Lipinski definition) is 1. The van der Waals surface area contributed by atoms with Crippen molar-refractivity contribution in [2.45, 2.75) is 6.67 Å². The lowest BCUT2D eigenvalue weighted by atomic mass is 10.2. The van der Waals surface area contributed by atoms with Crippen LogP contribution in [-0.2, 0) is 13.7 Å². The topological polar surface area (TPSA) is 42.2 Å². The van der Waals surface area contributed by atoms with E-state index in [4.69, 9.17) is 5.11 Å². The van der Waals surface area contributed by atoms with Crippen molar-refractivity contribution in [1.82, 2.24) is 4.57 Å². The molecule has 1 aromatic carbocycles. The molecule has 0 saturated heterocycles. The van der Waals surface area contributed by atoms with Gasteiger partial charge in [-0.3, -0.25) is 0 Å². The third kappa shape index (κ3) is 1.48. The molecule has 2 rings (SSSR count). The van der Waals surface area contributed by atoms with Gasteiger partial charge in [-0.05, 0) is 23.8 Å². The van der Waals surface area contributed by atoms with E-state index >= 15 is 0 Å². The molecule has 1 heterocycles. The van der Waals surface area contributed by atoms with Crippen LogP contribution in [0.4, 0.5) is 4.39 Å². The summed E-state index contributed by atoms with van der Waals surface area (Å²) in [5.41, 5.74) is 1.57. The minimum absolute atomic E-state index is 0.209. The number of rotatable bonds is 2. The van der Waals surface area contributed by atoms with Gasteiger partial charge in [0.15, 0.2) is 0 Å². The molecule has 0 amide bonds. The second-order valence-corrected chi connectivity index (χ2v) is 3.42. The molecule has 15 heavy (non-hydrogen) atoms. The van der Waals surface area contributed by atoms with Crippen molar-refractivity contribution in [3.05, 3.63) is 35.5 Å². The minimum atomic E-state index is -0.976. The predicted molar refractivity (Wildman–Crippen MR) is 54.7 cm³/mol. The Morgan fingerprint density at radius 2 is 2.20 bits per heavy atom. The molecule has 0 radical (unpaired) electrons. The van der Waals surface area contributed by atoms with E-state index in [1.54, 1.807) is 35.9 Å². The lowest BCUT2D eigenvalue weighted by molar-refractivity contribution is 0.0687. The summed E-state index contributed by atoms with van der Waals surface area (Å²) >= 11 is 0. The zero-order valence-electron chi connectivity index (χ0n) is 8.20. The molecule has 0 saturated carbocycles. The fraction of sp³-hybridized carbons (Fsp3) is 0.182. The number of halogens is 1. The lowest BCUT2D eigenvalue weighted by Gasteiger charge is -1.99. The van der Waals surface area contributed by atoms with E-state index in [-0.39, 0.29) is 5.69 Å². The van der Waals surface area contributed by atoms with Crippen molar-refractivity contribution >= 4 is 16.9 Å². The van der Waals surface area contributed by atoms with Gasteiger partial charge < -0.3 is 9.67 Å². The molecular formula is C11H10FNO2.